The molecule has 1 spiro atoms. The quantitative estimate of drug-likeness (QED) is 0.871. The first-order valence-electron chi connectivity index (χ1n) is 10.1. The maximum Gasteiger partial charge on any atom is 0.316 e. The summed E-state index contributed by atoms with van der Waals surface area (Å²) in [5.41, 5.74) is 2.84. The molecular formula is C21H26N4O2. The third-order valence-electron chi connectivity index (χ3n) is 6.41. The van der Waals surface area contributed by atoms with E-state index >= 15 is 0 Å². The predicted molar refractivity (Wildman–Crippen MR) is 102 cm³/mol. The zero-order valence-corrected chi connectivity index (χ0v) is 15.8. The van der Waals surface area contributed by atoms with Crippen LogP contribution in [0.3, 0.4) is 0 Å². The maximum absolute atomic E-state index is 12.7. The minimum absolute atomic E-state index is 0.112. The normalized spacial score (nSPS) is 21.9. The molecule has 0 unspecified atom stereocenters. The Morgan fingerprint density at radius 3 is 2.70 bits per heavy atom. The zero-order chi connectivity index (χ0) is 18.4. The number of carbonyl (C=O) groups excluding carboxylic acids is 1. The molecule has 6 heteroatoms. The topological polar surface area (TPSA) is 71.3 Å². The highest BCUT2D eigenvalue weighted by atomic mass is 16.4. The monoisotopic (exact) mass is 366 g/mol. The highest BCUT2D eigenvalue weighted by Gasteiger charge is 2.45. The smallest absolute Gasteiger partial charge is 0.316 e. The number of aromatic nitrogens is 2. The highest BCUT2D eigenvalue weighted by molar-refractivity contribution is 5.83. The Kier molecular flexibility index (Phi) is 3.95. The standard InChI is InChI=1S/C21H26N4O2/c1-14(19(26)25-11-9-21(7-8-21)10-12-25)22-20-24-23-18(27-20)17-4-2-3-16(13-17)15-5-6-15/h2-4,13-15H,5-12H2,1H3,(H,22,24)/t14-/m1/s1. The van der Waals surface area contributed by atoms with Gasteiger partial charge in [-0.05, 0) is 74.5 Å². The van der Waals surface area contributed by atoms with Gasteiger partial charge in [0.15, 0.2) is 0 Å². The van der Waals surface area contributed by atoms with Crippen molar-refractivity contribution in [2.45, 2.75) is 57.4 Å². The van der Waals surface area contributed by atoms with Gasteiger partial charge < -0.3 is 14.6 Å². The van der Waals surface area contributed by atoms with Crippen LogP contribution in [0.4, 0.5) is 6.01 Å². The van der Waals surface area contributed by atoms with Crippen molar-refractivity contribution in [3.8, 4) is 11.5 Å². The molecule has 3 aliphatic rings. The van der Waals surface area contributed by atoms with Crippen LogP contribution in [0.15, 0.2) is 28.7 Å². The summed E-state index contributed by atoms with van der Waals surface area (Å²) < 4.78 is 5.77. The van der Waals surface area contributed by atoms with Gasteiger partial charge in [0.05, 0.1) is 0 Å². The van der Waals surface area contributed by atoms with Crippen LogP contribution in [0.25, 0.3) is 11.5 Å². The fraction of sp³-hybridized carbons (Fsp3) is 0.571. The molecule has 1 atom stereocenters. The van der Waals surface area contributed by atoms with Crippen LogP contribution in [0.2, 0.25) is 0 Å². The van der Waals surface area contributed by atoms with Gasteiger partial charge in [-0.15, -0.1) is 5.10 Å². The van der Waals surface area contributed by atoms with Crippen LogP contribution in [0, 0.1) is 5.41 Å². The van der Waals surface area contributed by atoms with E-state index in [4.69, 9.17) is 4.42 Å². The summed E-state index contributed by atoms with van der Waals surface area (Å²) in [6.07, 6.45) is 7.50. The van der Waals surface area contributed by atoms with Crippen molar-refractivity contribution < 1.29 is 9.21 Å². The second kappa shape index (κ2) is 6.36. The molecule has 1 N–H and O–H groups in total. The number of carbonyl (C=O) groups is 1. The largest absolute Gasteiger partial charge is 0.403 e. The molecule has 2 aromatic rings. The second-order valence-electron chi connectivity index (χ2n) is 8.50. The van der Waals surface area contributed by atoms with E-state index in [-0.39, 0.29) is 11.9 Å². The van der Waals surface area contributed by atoms with Gasteiger partial charge in [0.1, 0.15) is 6.04 Å². The number of benzene rings is 1. The molecule has 1 aromatic carbocycles. The van der Waals surface area contributed by atoms with E-state index in [0.717, 1.165) is 31.5 Å². The Morgan fingerprint density at radius 2 is 2.00 bits per heavy atom. The Labute approximate surface area is 159 Å². The molecule has 3 fully saturated rings. The van der Waals surface area contributed by atoms with Crippen LogP contribution in [0.5, 0.6) is 0 Å². The molecule has 1 aliphatic heterocycles. The van der Waals surface area contributed by atoms with E-state index in [9.17, 15) is 4.79 Å². The average molecular weight is 366 g/mol. The summed E-state index contributed by atoms with van der Waals surface area (Å²) in [6, 6.07) is 8.24. The lowest BCUT2D eigenvalue weighted by Gasteiger charge is -2.33. The van der Waals surface area contributed by atoms with Gasteiger partial charge in [-0.25, -0.2) is 0 Å². The van der Waals surface area contributed by atoms with Crippen molar-refractivity contribution in [1.82, 2.24) is 15.1 Å². The summed E-state index contributed by atoms with van der Waals surface area (Å²) in [5.74, 6) is 1.29. The molecule has 1 amide bonds. The minimum atomic E-state index is -0.371. The Morgan fingerprint density at radius 1 is 1.22 bits per heavy atom. The lowest BCUT2D eigenvalue weighted by atomic mass is 9.93. The number of anilines is 1. The SMILES string of the molecule is C[C@@H](Nc1nnc(-c2cccc(C3CC3)c2)o1)C(=O)N1CCC2(CC1)CC2. The predicted octanol–water partition coefficient (Wildman–Crippen LogP) is 3.82. The van der Waals surface area contributed by atoms with Crippen molar-refractivity contribution in [2.75, 3.05) is 18.4 Å². The number of nitrogens with one attached hydrogen (secondary N) is 1. The fourth-order valence-electron chi connectivity index (χ4n) is 4.14. The molecule has 2 heterocycles. The lowest BCUT2D eigenvalue weighted by Crippen LogP contribution is -2.45. The summed E-state index contributed by atoms with van der Waals surface area (Å²) in [5, 5.41) is 11.3. The van der Waals surface area contributed by atoms with E-state index < -0.39 is 0 Å². The average Bonchev–Trinajstić information content (AvgIpc) is 3.62. The van der Waals surface area contributed by atoms with Crippen LogP contribution in [-0.2, 0) is 4.79 Å². The number of amides is 1. The minimum Gasteiger partial charge on any atom is -0.403 e. The molecular weight excluding hydrogens is 340 g/mol. The molecule has 6 nitrogen and oxygen atoms in total. The van der Waals surface area contributed by atoms with Gasteiger partial charge in [-0.1, -0.05) is 17.2 Å². The maximum atomic E-state index is 12.7. The van der Waals surface area contributed by atoms with Crippen molar-refractivity contribution >= 4 is 11.9 Å². The lowest BCUT2D eigenvalue weighted by molar-refractivity contribution is -0.133. The zero-order valence-electron chi connectivity index (χ0n) is 15.8. The summed E-state index contributed by atoms with van der Waals surface area (Å²) in [7, 11) is 0. The molecule has 27 heavy (non-hydrogen) atoms. The van der Waals surface area contributed by atoms with E-state index in [1.165, 1.54) is 31.2 Å². The molecule has 0 bridgehead atoms. The summed E-state index contributed by atoms with van der Waals surface area (Å²) >= 11 is 0. The van der Waals surface area contributed by atoms with Gasteiger partial charge in [-0.2, -0.15) is 0 Å². The van der Waals surface area contributed by atoms with Gasteiger partial charge in [0, 0.05) is 18.7 Å². The molecule has 2 saturated carbocycles. The van der Waals surface area contributed by atoms with Crippen molar-refractivity contribution in [3.05, 3.63) is 29.8 Å². The van der Waals surface area contributed by atoms with Crippen LogP contribution in [0.1, 0.15) is 56.9 Å². The number of hydrogen-bond donors (Lipinski definition) is 1. The first-order chi connectivity index (χ1) is 13.1. The van der Waals surface area contributed by atoms with E-state index in [1.54, 1.807) is 0 Å². The molecule has 1 saturated heterocycles. The van der Waals surface area contributed by atoms with Gasteiger partial charge in [-0.3, -0.25) is 4.79 Å². The number of hydrogen-bond acceptors (Lipinski definition) is 5. The third-order valence-corrected chi connectivity index (χ3v) is 6.41. The number of likely N-dealkylation sites (tertiary alicyclic amines) is 1. The first kappa shape index (κ1) is 16.8. The van der Waals surface area contributed by atoms with Crippen molar-refractivity contribution in [1.29, 1.82) is 0 Å². The third kappa shape index (κ3) is 3.45. The molecule has 1 aromatic heterocycles. The van der Waals surface area contributed by atoms with Crippen molar-refractivity contribution in [2.24, 2.45) is 5.41 Å². The Balaban J connectivity index is 1.22. The molecule has 0 radical (unpaired) electrons. The highest BCUT2D eigenvalue weighted by Crippen LogP contribution is 2.53. The van der Waals surface area contributed by atoms with Gasteiger partial charge in [0.25, 0.3) is 0 Å². The number of nitrogens with zero attached hydrogens (tertiary/aromatic N) is 3. The van der Waals surface area contributed by atoms with Crippen LogP contribution in [-0.4, -0.2) is 40.1 Å². The van der Waals surface area contributed by atoms with Gasteiger partial charge in [0.2, 0.25) is 11.8 Å². The Bertz CT molecular complexity index is 843. The summed E-state index contributed by atoms with van der Waals surface area (Å²) in [4.78, 5) is 14.7. The second-order valence-corrected chi connectivity index (χ2v) is 8.50. The van der Waals surface area contributed by atoms with E-state index in [0.29, 0.717) is 23.2 Å². The van der Waals surface area contributed by atoms with Crippen molar-refractivity contribution in [3.63, 3.8) is 0 Å². The summed E-state index contributed by atoms with van der Waals surface area (Å²) in [6.45, 7) is 3.60. The van der Waals surface area contributed by atoms with Crippen LogP contribution < -0.4 is 5.32 Å². The first-order valence-corrected chi connectivity index (χ1v) is 10.1. The van der Waals surface area contributed by atoms with Crippen LogP contribution >= 0.6 is 0 Å². The molecule has 5 rings (SSSR count). The van der Waals surface area contributed by atoms with E-state index in [1.807, 2.05) is 24.0 Å². The molecule has 2 aliphatic carbocycles. The molecule has 142 valence electrons. The fourth-order valence-corrected chi connectivity index (χ4v) is 4.14. The van der Waals surface area contributed by atoms with Gasteiger partial charge >= 0.3 is 6.01 Å². The number of piperidine rings is 1. The Hall–Kier alpha value is -2.37. The van der Waals surface area contributed by atoms with E-state index in [2.05, 4.69) is 27.6 Å². The number of rotatable bonds is 5.